The van der Waals surface area contributed by atoms with Gasteiger partial charge in [0.1, 0.15) is 23.7 Å². The number of pyridine rings is 2. The van der Waals surface area contributed by atoms with Crippen molar-refractivity contribution in [3.63, 3.8) is 0 Å². The molecule has 0 fully saturated rings. The van der Waals surface area contributed by atoms with Gasteiger partial charge in [0, 0.05) is 43.8 Å². The third-order valence-electron chi connectivity index (χ3n) is 8.48. The number of carbonyl (C=O) groups is 2. The summed E-state index contributed by atoms with van der Waals surface area (Å²) in [5, 5.41) is 6.69. The van der Waals surface area contributed by atoms with Gasteiger partial charge in [0.25, 0.3) is 5.56 Å². The summed E-state index contributed by atoms with van der Waals surface area (Å²) in [7, 11) is 0. The first-order valence-corrected chi connectivity index (χ1v) is 17.0. The molecule has 0 aliphatic carbocycles. The fourth-order valence-corrected chi connectivity index (χ4v) is 5.74. The van der Waals surface area contributed by atoms with E-state index in [9.17, 15) is 14.4 Å². The molecule has 3 amide bonds. The van der Waals surface area contributed by atoms with E-state index in [1.165, 1.54) is 11.8 Å². The molecule has 2 heterocycles. The molecule has 4 rings (SSSR count). The molecule has 0 atom stereocenters. The van der Waals surface area contributed by atoms with Crippen LogP contribution in [0.1, 0.15) is 77.8 Å². The Morgan fingerprint density at radius 2 is 1.62 bits per heavy atom. The number of hydrogen-bond donors (Lipinski definition) is 3. The van der Waals surface area contributed by atoms with E-state index in [4.69, 9.17) is 4.74 Å². The van der Waals surface area contributed by atoms with Crippen LogP contribution in [0.5, 0.6) is 5.75 Å². The topological polar surface area (TPSA) is 120 Å². The third-order valence-corrected chi connectivity index (χ3v) is 8.48. The number of ether oxygens (including phenoxy) is 1. The number of likely N-dealkylation sites (N-methyl/N-ethyl adjacent to an activating group) is 1. The SMILES string of the molecule is CCN(CC)CCOc1cccc(-c2cc(C(C)C)c(NC(=O)N(CCCNC(C)=O)c3cc4cccnc4[nH]c3=O)c(C(C)C)c2)c1. The first-order valence-electron chi connectivity index (χ1n) is 17.0. The third kappa shape index (κ3) is 9.22. The molecule has 0 bridgehead atoms. The van der Waals surface area contributed by atoms with E-state index in [0.717, 1.165) is 53.3 Å². The van der Waals surface area contributed by atoms with Crippen LogP contribution in [-0.2, 0) is 4.79 Å². The Hall–Kier alpha value is -4.70. The molecule has 10 heteroatoms. The van der Waals surface area contributed by atoms with E-state index in [0.29, 0.717) is 30.6 Å². The molecule has 10 nitrogen and oxygen atoms in total. The standard InChI is InChI=1S/C38H50N6O4/c1-8-43(9-2)19-20-48-31-15-10-13-28(21-31)30-22-32(25(3)4)35(33(23-30)26(5)6)41-38(47)44(18-12-17-39-27(7)45)34-24-29-14-11-16-40-36(29)42-37(34)46/h10-11,13-16,21-26H,8-9,12,17-20H2,1-7H3,(H,39,45)(H,41,47)(H,40,42,46). The Morgan fingerprint density at radius 3 is 2.27 bits per heavy atom. The van der Waals surface area contributed by atoms with Crippen LogP contribution < -0.4 is 25.8 Å². The maximum atomic E-state index is 14.2. The molecule has 4 aromatic rings. The molecule has 256 valence electrons. The molecule has 2 aromatic heterocycles. The first kappa shape index (κ1) is 36.1. The second kappa shape index (κ2) is 16.9. The minimum Gasteiger partial charge on any atom is -0.492 e. The van der Waals surface area contributed by atoms with Crippen LogP contribution in [0.4, 0.5) is 16.2 Å². The van der Waals surface area contributed by atoms with Gasteiger partial charge in [-0.15, -0.1) is 0 Å². The number of fused-ring (bicyclic) bond motifs is 1. The number of aromatic nitrogens is 2. The second-order valence-electron chi connectivity index (χ2n) is 12.6. The van der Waals surface area contributed by atoms with Gasteiger partial charge >= 0.3 is 6.03 Å². The largest absolute Gasteiger partial charge is 0.492 e. The molecule has 3 N–H and O–H groups in total. The van der Waals surface area contributed by atoms with E-state index in [1.54, 1.807) is 18.3 Å². The van der Waals surface area contributed by atoms with Gasteiger partial charge in [0.15, 0.2) is 0 Å². The van der Waals surface area contributed by atoms with Gasteiger partial charge in [-0.05, 0) is 96.1 Å². The number of H-pyrrole nitrogens is 1. The Balaban J connectivity index is 1.69. The summed E-state index contributed by atoms with van der Waals surface area (Å²) in [4.78, 5) is 49.8. The Kier molecular flexibility index (Phi) is 12.7. The molecule has 0 saturated carbocycles. The van der Waals surface area contributed by atoms with Crippen LogP contribution in [0.3, 0.4) is 0 Å². The van der Waals surface area contributed by atoms with Crippen LogP contribution >= 0.6 is 0 Å². The van der Waals surface area contributed by atoms with Gasteiger partial charge in [0.2, 0.25) is 5.91 Å². The number of urea groups is 1. The molecular formula is C38H50N6O4. The first-order chi connectivity index (χ1) is 23.0. The van der Waals surface area contributed by atoms with Crippen molar-refractivity contribution in [1.29, 1.82) is 0 Å². The fraction of sp³-hybridized carbons (Fsp3) is 0.421. The molecule has 0 radical (unpaired) electrons. The predicted molar refractivity (Wildman–Crippen MR) is 195 cm³/mol. The van der Waals surface area contributed by atoms with Crippen LogP contribution in [0.2, 0.25) is 0 Å². The number of hydrogen-bond acceptors (Lipinski definition) is 6. The van der Waals surface area contributed by atoms with Gasteiger partial charge in [-0.25, -0.2) is 9.78 Å². The van der Waals surface area contributed by atoms with Gasteiger partial charge < -0.3 is 25.3 Å². The number of amides is 3. The summed E-state index contributed by atoms with van der Waals surface area (Å²) < 4.78 is 6.13. The number of carbonyl (C=O) groups excluding carboxylic acids is 2. The lowest BCUT2D eigenvalue weighted by molar-refractivity contribution is -0.118. The number of rotatable bonds is 15. The molecule has 0 aliphatic rings. The van der Waals surface area contributed by atoms with Gasteiger partial charge in [0.05, 0.1) is 0 Å². The maximum Gasteiger partial charge on any atom is 0.326 e. The van der Waals surface area contributed by atoms with E-state index in [1.807, 2.05) is 18.2 Å². The van der Waals surface area contributed by atoms with Crippen molar-refractivity contribution in [2.24, 2.45) is 0 Å². The molecule has 48 heavy (non-hydrogen) atoms. The average Bonchev–Trinajstić information content (AvgIpc) is 3.06. The second-order valence-corrected chi connectivity index (χ2v) is 12.6. The molecule has 0 spiro atoms. The summed E-state index contributed by atoms with van der Waals surface area (Å²) in [6, 6.07) is 17.3. The highest BCUT2D eigenvalue weighted by molar-refractivity contribution is 6.03. The van der Waals surface area contributed by atoms with Crippen molar-refractivity contribution >= 4 is 34.3 Å². The zero-order valence-electron chi connectivity index (χ0n) is 29.4. The van der Waals surface area contributed by atoms with Crippen molar-refractivity contribution in [2.45, 2.75) is 66.7 Å². The molecular weight excluding hydrogens is 604 g/mol. The number of nitrogens with one attached hydrogen (secondary N) is 3. The quantitative estimate of drug-likeness (QED) is 0.117. The number of benzene rings is 2. The summed E-state index contributed by atoms with van der Waals surface area (Å²) in [6.07, 6.45) is 2.06. The molecule has 2 aromatic carbocycles. The summed E-state index contributed by atoms with van der Waals surface area (Å²) in [5.74, 6) is 0.852. The lowest BCUT2D eigenvalue weighted by Gasteiger charge is -2.27. The summed E-state index contributed by atoms with van der Waals surface area (Å²) in [6.45, 7) is 18.2. The molecule has 0 unspecified atom stereocenters. The highest BCUT2D eigenvalue weighted by Gasteiger charge is 2.24. The zero-order chi connectivity index (χ0) is 34.8. The van der Waals surface area contributed by atoms with Gasteiger partial charge in [-0.2, -0.15) is 0 Å². The smallest absolute Gasteiger partial charge is 0.326 e. The highest BCUT2D eigenvalue weighted by Crippen LogP contribution is 2.38. The van der Waals surface area contributed by atoms with Crippen LogP contribution in [-0.4, -0.2) is 66.1 Å². The summed E-state index contributed by atoms with van der Waals surface area (Å²) >= 11 is 0. The Labute approximate surface area is 283 Å². The van der Waals surface area contributed by atoms with Crippen LogP contribution in [0.25, 0.3) is 22.2 Å². The molecule has 0 saturated heterocycles. The lowest BCUT2D eigenvalue weighted by Crippen LogP contribution is -2.40. The number of anilines is 2. The number of aromatic amines is 1. The van der Waals surface area contributed by atoms with E-state index in [-0.39, 0.29) is 30.0 Å². The van der Waals surface area contributed by atoms with Gasteiger partial charge in [-0.1, -0.05) is 53.7 Å². The van der Waals surface area contributed by atoms with Crippen molar-refractivity contribution in [1.82, 2.24) is 20.2 Å². The maximum absolute atomic E-state index is 14.2. The van der Waals surface area contributed by atoms with Crippen molar-refractivity contribution in [3.05, 3.63) is 82.3 Å². The van der Waals surface area contributed by atoms with E-state index in [2.05, 4.69) is 91.3 Å². The molecule has 0 aliphatic heterocycles. The van der Waals surface area contributed by atoms with Crippen molar-refractivity contribution in [2.75, 3.05) is 49.5 Å². The predicted octanol–water partition coefficient (Wildman–Crippen LogP) is 7.12. The fourth-order valence-electron chi connectivity index (χ4n) is 5.74. The van der Waals surface area contributed by atoms with Crippen molar-refractivity contribution < 1.29 is 14.3 Å². The van der Waals surface area contributed by atoms with Crippen LogP contribution in [0, 0.1) is 0 Å². The normalized spacial score (nSPS) is 11.4. The van der Waals surface area contributed by atoms with Gasteiger partial charge in [-0.3, -0.25) is 14.5 Å². The number of nitrogens with zero attached hydrogens (tertiary/aromatic N) is 3. The minimum atomic E-state index is -0.424. The van der Waals surface area contributed by atoms with E-state index < -0.39 is 11.6 Å². The Morgan fingerprint density at radius 1 is 0.917 bits per heavy atom. The van der Waals surface area contributed by atoms with Crippen molar-refractivity contribution in [3.8, 4) is 16.9 Å². The summed E-state index contributed by atoms with van der Waals surface area (Å²) in [5.41, 5.74) is 5.04. The van der Waals surface area contributed by atoms with E-state index >= 15 is 0 Å². The highest BCUT2D eigenvalue weighted by atomic mass is 16.5. The lowest BCUT2D eigenvalue weighted by atomic mass is 9.88. The van der Waals surface area contributed by atoms with Crippen LogP contribution in [0.15, 0.2) is 65.6 Å². The Bertz CT molecular complexity index is 1730. The monoisotopic (exact) mass is 654 g/mol. The zero-order valence-corrected chi connectivity index (χ0v) is 29.4. The minimum absolute atomic E-state index is 0.0922. The average molecular weight is 655 g/mol.